The summed E-state index contributed by atoms with van der Waals surface area (Å²) < 4.78 is 38.1. The first-order chi connectivity index (χ1) is 8.80. The smallest absolute Gasteiger partial charge is 0.326 e. The molecule has 2 N–H and O–H groups in total. The lowest BCUT2D eigenvalue weighted by molar-refractivity contribution is -0.151. The molecule has 19 heavy (non-hydrogen) atoms. The zero-order chi connectivity index (χ0) is 14.6. The number of nitrogens with zero attached hydrogens (tertiary/aromatic N) is 1. The van der Waals surface area contributed by atoms with Gasteiger partial charge >= 0.3 is 6.18 Å². The van der Waals surface area contributed by atoms with E-state index in [0.717, 1.165) is 10.4 Å². The highest BCUT2D eigenvalue weighted by molar-refractivity contribution is 7.10. The number of nitrogens with two attached hydrogens (primary N) is 1. The third kappa shape index (κ3) is 4.47. The second kappa shape index (κ2) is 6.72. The fourth-order valence-electron chi connectivity index (χ4n) is 2.18. The Balaban J connectivity index is 3.05. The van der Waals surface area contributed by atoms with Crippen LogP contribution in [0.1, 0.15) is 36.8 Å². The van der Waals surface area contributed by atoms with Crippen LogP contribution in [-0.4, -0.2) is 30.2 Å². The molecule has 6 heteroatoms. The molecule has 0 radical (unpaired) electrons. The molecule has 2 atom stereocenters. The monoisotopic (exact) mass is 294 g/mol. The van der Waals surface area contributed by atoms with E-state index in [2.05, 4.69) is 0 Å². The molecule has 0 aliphatic rings. The van der Waals surface area contributed by atoms with Crippen LogP contribution in [0, 0.1) is 6.92 Å². The maximum Gasteiger partial charge on any atom is 0.401 e. The summed E-state index contributed by atoms with van der Waals surface area (Å²) in [7, 11) is 0. The van der Waals surface area contributed by atoms with E-state index < -0.39 is 12.7 Å². The van der Waals surface area contributed by atoms with Crippen molar-refractivity contribution in [3.63, 3.8) is 0 Å². The summed E-state index contributed by atoms with van der Waals surface area (Å²) in [5.41, 5.74) is 7.08. The first-order valence-corrected chi connectivity index (χ1v) is 7.28. The molecule has 2 unspecified atom stereocenters. The highest BCUT2D eigenvalue weighted by Crippen LogP contribution is 2.33. The Hall–Kier alpha value is -0.590. The highest BCUT2D eigenvalue weighted by Gasteiger charge is 2.36. The predicted molar refractivity (Wildman–Crippen MR) is 73.4 cm³/mol. The molecule has 0 aliphatic heterocycles. The Morgan fingerprint density at radius 3 is 2.37 bits per heavy atom. The molecule has 2 nitrogen and oxygen atoms in total. The van der Waals surface area contributed by atoms with Gasteiger partial charge < -0.3 is 5.73 Å². The van der Waals surface area contributed by atoms with Crippen LogP contribution in [0.4, 0.5) is 13.2 Å². The molecule has 0 bridgehead atoms. The van der Waals surface area contributed by atoms with Gasteiger partial charge in [0.15, 0.2) is 0 Å². The number of hydrogen-bond donors (Lipinski definition) is 1. The number of alkyl halides is 3. The van der Waals surface area contributed by atoms with Crippen LogP contribution in [0.25, 0.3) is 0 Å². The maximum absolute atomic E-state index is 12.7. The summed E-state index contributed by atoms with van der Waals surface area (Å²) in [6.45, 7) is 4.98. The van der Waals surface area contributed by atoms with Crippen molar-refractivity contribution in [3.05, 3.63) is 21.9 Å². The van der Waals surface area contributed by atoms with Gasteiger partial charge in [-0.2, -0.15) is 13.2 Å². The van der Waals surface area contributed by atoms with Crippen molar-refractivity contribution in [3.8, 4) is 0 Å². The topological polar surface area (TPSA) is 29.3 Å². The van der Waals surface area contributed by atoms with Crippen LogP contribution in [0.15, 0.2) is 11.4 Å². The molecule has 0 aliphatic carbocycles. The van der Waals surface area contributed by atoms with E-state index in [-0.39, 0.29) is 12.1 Å². The van der Waals surface area contributed by atoms with Crippen LogP contribution in [0.2, 0.25) is 0 Å². The van der Waals surface area contributed by atoms with Crippen LogP contribution in [0.3, 0.4) is 0 Å². The number of aryl methyl sites for hydroxylation is 1. The molecule has 0 saturated heterocycles. The van der Waals surface area contributed by atoms with E-state index in [4.69, 9.17) is 5.73 Å². The van der Waals surface area contributed by atoms with E-state index in [1.807, 2.05) is 25.3 Å². The Bertz CT molecular complexity index is 389. The molecule has 1 aromatic rings. The zero-order valence-corrected chi connectivity index (χ0v) is 12.3. The molecule has 110 valence electrons. The van der Waals surface area contributed by atoms with Gasteiger partial charge in [0, 0.05) is 10.9 Å². The molecule has 1 aromatic heterocycles. The van der Waals surface area contributed by atoms with Crippen molar-refractivity contribution in [1.29, 1.82) is 0 Å². The number of rotatable bonds is 6. The quantitative estimate of drug-likeness (QED) is 0.866. The third-order valence-corrected chi connectivity index (χ3v) is 4.32. The minimum absolute atomic E-state index is 0.292. The van der Waals surface area contributed by atoms with Gasteiger partial charge in [-0.05, 0) is 36.9 Å². The molecule has 0 fully saturated rings. The van der Waals surface area contributed by atoms with Crippen LogP contribution < -0.4 is 5.73 Å². The summed E-state index contributed by atoms with van der Waals surface area (Å²) in [4.78, 5) is 2.37. The molecular formula is C13H21F3N2S. The van der Waals surface area contributed by atoms with Crippen molar-refractivity contribution in [1.82, 2.24) is 4.90 Å². The summed E-state index contributed by atoms with van der Waals surface area (Å²) in [5.74, 6) is 0. The standard InChI is InChI=1S/C13H21F3N2S/c1-4-10(17)11(12-9(3)6-7-19-12)18(5-2)8-13(14,15)16/h6-7,10-11H,4-5,8,17H2,1-3H3. The van der Waals surface area contributed by atoms with Crippen molar-refractivity contribution in [2.75, 3.05) is 13.1 Å². The fourth-order valence-corrected chi connectivity index (χ4v) is 3.31. The Kier molecular flexibility index (Phi) is 5.82. The van der Waals surface area contributed by atoms with Gasteiger partial charge in [-0.3, -0.25) is 4.90 Å². The molecule has 0 amide bonds. The second-order valence-corrected chi connectivity index (χ2v) is 5.61. The molecule has 0 aromatic carbocycles. The molecular weight excluding hydrogens is 273 g/mol. The Labute approximate surface area is 116 Å². The van der Waals surface area contributed by atoms with E-state index in [9.17, 15) is 13.2 Å². The average molecular weight is 294 g/mol. The third-order valence-electron chi connectivity index (χ3n) is 3.23. The van der Waals surface area contributed by atoms with Gasteiger partial charge in [-0.25, -0.2) is 0 Å². The first kappa shape index (κ1) is 16.5. The summed E-state index contributed by atoms with van der Waals surface area (Å²) in [5, 5.41) is 1.90. The van der Waals surface area contributed by atoms with E-state index in [1.54, 1.807) is 6.92 Å². The van der Waals surface area contributed by atoms with E-state index in [1.165, 1.54) is 16.2 Å². The molecule has 1 rings (SSSR count). The minimum Gasteiger partial charge on any atom is -0.326 e. The summed E-state index contributed by atoms with van der Waals surface area (Å²) in [6, 6.07) is 1.27. The summed E-state index contributed by atoms with van der Waals surface area (Å²) in [6.07, 6.45) is -3.55. The Morgan fingerprint density at radius 1 is 1.37 bits per heavy atom. The van der Waals surface area contributed by atoms with Crippen molar-refractivity contribution < 1.29 is 13.2 Å². The van der Waals surface area contributed by atoms with Gasteiger partial charge in [0.25, 0.3) is 0 Å². The zero-order valence-electron chi connectivity index (χ0n) is 11.5. The lowest BCUT2D eigenvalue weighted by Gasteiger charge is -2.35. The van der Waals surface area contributed by atoms with Crippen molar-refractivity contribution in [2.24, 2.45) is 5.73 Å². The first-order valence-electron chi connectivity index (χ1n) is 6.40. The molecule has 0 saturated carbocycles. The number of halogens is 3. The van der Waals surface area contributed by atoms with Crippen LogP contribution >= 0.6 is 11.3 Å². The highest BCUT2D eigenvalue weighted by atomic mass is 32.1. The maximum atomic E-state index is 12.7. The lowest BCUT2D eigenvalue weighted by atomic mass is 10.0. The summed E-state index contributed by atoms with van der Waals surface area (Å²) >= 11 is 1.48. The normalized spacial score (nSPS) is 15.8. The van der Waals surface area contributed by atoms with E-state index >= 15 is 0 Å². The Morgan fingerprint density at radius 2 is 2.00 bits per heavy atom. The number of thiophene rings is 1. The van der Waals surface area contributed by atoms with E-state index in [0.29, 0.717) is 13.0 Å². The van der Waals surface area contributed by atoms with Gasteiger partial charge in [-0.15, -0.1) is 11.3 Å². The van der Waals surface area contributed by atoms with Crippen LogP contribution in [0.5, 0.6) is 0 Å². The molecule has 0 spiro atoms. The largest absolute Gasteiger partial charge is 0.401 e. The van der Waals surface area contributed by atoms with Crippen molar-refractivity contribution >= 4 is 11.3 Å². The minimum atomic E-state index is -4.20. The predicted octanol–water partition coefficient (Wildman–Crippen LogP) is 3.72. The number of hydrogen-bond acceptors (Lipinski definition) is 3. The van der Waals surface area contributed by atoms with Gasteiger partial charge in [-0.1, -0.05) is 13.8 Å². The SMILES string of the molecule is CCC(N)C(c1sccc1C)N(CC)CC(F)(F)F. The second-order valence-electron chi connectivity index (χ2n) is 4.66. The van der Waals surface area contributed by atoms with Gasteiger partial charge in [0.1, 0.15) is 0 Å². The van der Waals surface area contributed by atoms with Gasteiger partial charge in [0.2, 0.25) is 0 Å². The average Bonchev–Trinajstić information content (AvgIpc) is 2.73. The van der Waals surface area contributed by atoms with Gasteiger partial charge in [0.05, 0.1) is 12.6 Å². The lowest BCUT2D eigenvalue weighted by Crippen LogP contribution is -2.44. The van der Waals surface area contributed by atoms with Crippen LogP contribution in [-0.2, 0) is 0 Å². The number of likely N-dealkylation sites (N-methyl/N-ethyl adjacent to an activating group) is 1. The fraction of sp³-hybridized carbons (Fsp3) is 0.692. The van der Waals surface area contributed by atoms with Crippen molar-refractivity contribution in [2.45, 2.75) is 45.5 Å². The molecule has 1 heterocycles.